The molecule has 0 aromatic heterocycles. The third-order valence-electron chi connectivity index (χ3n) is 3.03. The first-order valence-electron chi connectivity index (χ1n) is 7.02. The Kier molecular flexibility index (Phi) is 6.84. The number of hydrogen-bond donors (Lipinski definition) is 3. The SMILES string of the molecule is O=C(N[C@H](NC(=S)Nc1ccccc1)C(Cl)(Cl)Cl)c1ccccc1F. The van der Waals surface area contributed by atoms with Crippen molar-refractivity contribution in [2.45, 2.75) is 9.96 Å². The number of carbonyl (C=O) groups excluding carboxylic acids is 1. The average molecular weight is 421 g/mol. The van der Waals surface area contributed by atoms with E-state index in [1.165, 1.54) is 18.2 Å². The quantitative estimate of drug-likeness (QED) is 0.393. The lowest BCUT2D eigenvalue weighted by Gasteiger charge is -2.27. The van der Waals surface area contributed by atoms with E-state index in [0.29, 0.717) is 5.69 Å². The van der Waals surface area contributed by atoms with Crippen LogP contribution in [0.15, 0.2) is 54.6 Å². The van der Waals surface area contributed by atoms with Crippen LogP contribution in [0.25, 0.3) is 0 Å². The lowest BCUT2D eigenvalue weighted by atomic mass is 10.2. The zero-order chi connectivity index (χ0) is 18.4. The Morgan fingerprint density at radius 3 is 2.20 bits per heavy atom. The van der Waals surface area contributed by atoms with Crippen LogP contribution in [-0.4, -0.2) is 21.0 Å². The standard InChI is InChI=1S/C16H13Cl3FN3OS/c17-16(18,19)14(22-13(24)11-8-4-5-9-12(11)20)23-15(25)21-10-6-2-1-3-7-10/h1-9,14H,(H,22,24)(H2,21,23,25)/t14-/m1/s1. The molecule has 2 rings (SSSR count). The normalized spacial score (nSPS) is 12.2. The van der Waals surface area contributed by atoms with E-state index in [-0.39, 0.29) is 10.7 Å². The van der Waals surface area contributed by atoms with Gasteiger partial charge in [-0.1, -0.05) is 65.1 Å². The molecule has 0 unspecified atom stereocenters. The molecule has 1 amide bonds. The van der Waals surface area contributed by atoms with E-state index < -0.39 is 21.7 Å². The summed E-state index contributed by atoms with van der Waals surface area (Å²) in [6.07, 6.45) is -1.19. The molecule has 2 aromatic rings. The maximum absolute atomic E-state index is 13.7. The van der Waals surface area contributed by atoms with Gasteiger partial charge in [-0.15, -0.1) is 0 Å². The van der Waals surface area contributed by atoms with Crippen molar-refractivity contribution in [2.75, 3.05) is 5.32 Å². The van der Waals surface area contributed by atoms with Crippen LogP contribution in [0.3, 0.4) is 0 Å². The van der Waals surface area contributed by atoms with Crippen LogP contribution in [0.2, 0.25) is 0 Å². The van der Waals surface area contributed by atoms with Crippen molar-refractivity contribution >= 4 is 63.7 Å². The summed E-state index contributed by atoms with van der Waals surface area (Å²) in [6, 6.07) is 14.5. The molecule has 2 aromatic carbocycles. The smallest absolute Gasteiger partial charge is 0.255 e. The number of para-hydroxylation sites is 1. The molecule has 4 nitrogen and oxygen atoms in total. The molecule has 0 spiro atoms. The highest BCUT2D eigenvalue weighted by atomic mass is 35.6. The van der Waals surface area contributed by atoms with Gasteiger partial charge in [-0.25, -0.2) is 4.39 Å². The van der Waals surface area contributed by atoms with Crippen LogP contribution < -0.4 is 16.0 Å². The Labute approximate surface area is 164 Å². The first kappa shape index (κ1) is 19.7. The predicted molar refractivity (Wildman–Crippen MR) is 104 cm³/mol. The van der Waals surface area contributed by atoms with Crippen molar-refractivity contribution in [3.05, 3.63) is 66.0 Å². The van der Waals surface area contributed by atoms with Gasteiger partial charge in [0.05, 0.1) is 5.56 Å². The second-order valence-electron chi connectivity index (χ2n) is 4.89. The van der Waals surface area contributed by atoms with Gasteiger partial charge in [0.2, 0.25) is 3.79 Å². The number of hydrogen-bond acceptors (Lipinski definition) is 2. The summed E-state index contributed by atoms with van der Waals surface area (Å²) in [7, 11) is 0. The van der Waals surface area contributed by atoms with E-state index >= 15 is 0 Å². The van der Waals surface area contributed by atoms with E-state index in [2.05, 4.69) is 16.0 Å². The molecule has 132 valence electrons. The molecule has 0 aliphatic rings. The highest BCUT2D eigenvalue weighted by Crippen LogP contribution is 2.29. The largest absolute Gasteiger partial charge is 0.339 e. The molecule has 25 heavy (non-hydrogen) atoms. The molecule has 0 aliphatic heterocycles. The number of halogens is 4. The van der Waals surface area contributed by atoms with Crippen molar-refractivity contribution in [1.29, 1.82) is 0 Å². The molecule has 0 saturated heterocycles. The van der Waals surface area contributed by atoms with Crippen molar-refractivity contribution in [3.8, 4) is 0 Å². The van der Waals surface area contributed by atoms with Crippen LogP contribution in [0.4, 0.5) is 10.1 Å². The third kappa shape index (κ3) is 6.01. The van der Waals surface area contributed by atoms with E-state index in [4.69, 9.17) is 47.0 Å². The minimum absolute atomic E-state index is 0.122. The summed E-state index contributed by atoms with van der Waals surface area (Å²) in [6.45, 7) is 0. The predicted octanol–water partition coefficient (Wildman–Crippen LogP) is 4.24. The zero-order valence-electron chi connectivity index (χ0n) is 12.6. The Morgan fingerprint density at radius 2 is 1.60 bits per heavy atom. The summed E-state index contributed by atoms with van der Waals surface area (Å²) in [4.78, 5) is 12.2. The fourth-order valence-corrected chi connectivity index (χ4v) is 2.44. The van der Waals surface area contributed by atoms with Gasteiger partial charge in [0.25, 0.3) is 5.91 Å². The highest BCUT2D eigenvalue weighted by molar-refractivity contribution is 7.80. The summed E-state index contributed by atoms with van der Waals surface area (Å²) in [5.41, 5.74) is 0.536. The van der Waals surface area contributed by atoms with Gasteiger partial charge >= 0.3 is 0 Å². The molecule has 0 aliphatic carbocycles. The molecule has 9 heteroatoms. The number of nitrogens with one attached hydrogen (secondary N) is 3. The lowest BCUT2D eigenvalue weighted by Crippen LogP contribution is -2.56. The van der Waals surface area contributed by atoms with Gasteiger partial charge in [0.1, 0.15) is 12.0 Å². The second-order valence-corrected chi connectivity index (χ2v) is 7.67. The Bertz CT molecular complexity index is 756. The van der Waals surface area contributed by atoms with Crippen LogP contribution in [0, 0.1) is 5.82 Å². The minimum Gasteiger partial charge on any atom is -0.339 e. The van der Waals surface area contributed by atoms with Crippen LogP contribution in [-0.2, 0) is 0 Å². The third-order valence-corrected chi connectivity index (χ3v) is 3.90. The van der Waals surface area contributed by atoms with Gasteiger partial charge in [-0.05, 0) is 36.5 Å². The summed E-state index contributed by atoms with van der Waals surface area (Å²) in [5.74, 6) is -1.43. The van der Waals surface area contributed by atoms with E-state index in [1.807, 2.05) is 18.2 Å². The lowest BCUT2D eigenvalue weighted by molar-refractivity contribution is 0.0930. The van der Waals surface area contributed by atoms with Crippen LogP contribution in [0.5, 0.6) is 0 Å². The minimum atomic E-state index is -1.93. The topological polar surface area (TPSA) is 53.2 Å². The molecule has 0 heterocycles. The monoisotopic (exact) mass is 419 g/mol. The molecule has 0 radical (unpaired) electrons. The molecular formula is C16H13Cl3FN3OS. The first-order chi connectivity index (χ1) is 11.8. The summed E-state index contributed by atoms with van der Waals surface area (Å²) >= 11 is 22.8. The van der Waals surface area contributed by atoms with Crippen molar-refractivity contribution < 1.29 is 9.18 Å². The van der Waals surface area contributed by atoms with E-state index in [1.54, 1.807) is 12.1 Å². The molecule has 0 saturated carbocycles. The van der Waals surface area contributed by atoms with Crippen molar-refractivity contribution in [1.82, 2.24) is 10.6 Å². The Morgan fingerprint density at radius 1 is 1.00 bits per heavy atom. The van der Waals surface area contributed by atoms with E-state index in [9.17, 15) is 9.18 Å². The van der Waals surface area contributed by atoms with Gasteiger partial charge in [0, 0.05) is 5.69 Å². The molecule has 1 atom stereocenters. The number of carbonyl (C=O) groups is 1. The van der Waals surface area contributed by atoms with Crippen LogP contribution in [0.1, 0.15) is 10.4 Å². The maximum atomic E-state index is 13.7. The molecule has 0 fully saturated rings. The Hall–Kier alpha value is -1.60. The zero-order valence-corrected chi connectivity index (χ0v) is 15.7. The van der Waals surface area contributed by atoms with Gasteiger partial charge in [0.15, 0.2) is 5.11 Å². The van der Waals surface area contributed by atoms with Crippen molar-refractivity contribution in [2.24, 2.45) is 0 Å². The van der Waals surface area contributed by atoms with Crippen molar-refractivity contribution in [3.63, 3.8) is 0 Å². The molecule has 0 bridgehead atoms. The second kappa shape index (κ2) is 8.67. The fraction of sp³-hybridized carbons (Fsp3) is 0.125. The number of alkyl halides is 3. The van der Waals surface area contributed by atoms with E-state index in [0.717, 1.165) is 6.07 Å². The molecule has 3 N–H and O–H groups in total. The average Bonchev–Trinajstić information content (AvgIpc) is 2.54. The highest BCUT2D eigenvalue weighted by Gasteiger charge is 2.35. The number of rotatable bonds is 4. The number of thiocarbonyl (C=S) groups is 1. The Balaban J connectivity index is 2.08. The first-order valence-corrected chi connectivity index (χ1v) is 8.56. The molecular weight excluding hydrogens is 408 g/mol. The number of amides is 1. The van der Waals surface area contributed by atoms with Gasteiger partial charge in [-0.3, -0.25) is 4.79 Å². The number of benzene rings is 2. The summed E-state index contributed by atoms with van der Waals surface area (Å²) < 4.78 is 11.8. The maximum Gasteiger partial charge on any atom is 0.255 e. The van der Waals surface area contributed by atoms with Gasteiger partial charge in [-0.2, -0.15) is 0 Å². The van der Waals surface area contributed by atoms with Gasteiger partial charge < -0.3 is 16.0 Å². The number of anilines is 1. The summed E-state index contributed by atoms with van der Waals surface area (Å²) in [5, 5.41) is 8.12. The fourth-order valence-electron chi connectivity index (χ4n) is 1.87. The van der Waals surface area contributed by atoms with Crippen LogP contribution >= 0.6 is 47.0 Å².